The Labute approximate surface area is 90.7 Å². The van der Waals surface area contributed by atoms with Gasteiger partial charge in [-0.25, -0.2) is 0 Å². The van der Waals surface area contributed by atoms with E-state index in [-0.39, 0.29) is 19.9 Å². The molecule has 1 fully saturated rings. The second-order valence-corrected chi connectivity index (χ2v) is 4.22. The standard InChI is InChI=1S/C8H13Cl2NO2/c1-5-4-11(7(12)6(9)10)8(2,3)13-5/h5-6H,4H2,1-3H3/t5-/m0/s1/i2T,3T. The zero-order valence-corrected chi connectivity index (χ0v) is 8.81. The van der Waals surface area contributed by atoms with E-state index < -0.39 is 16.5 Å². The average molecular weight is 230 g/mol. The molecule has 3 nitrogen and oxygen atoms in total. The molecule has 13 heavy (non-hydrogen) atoms. The number of amides is 1. The molecule has 1 atom stereocenters. The fourth-order valence-electron chi connectivity index (χ4n) is 1.31. The van der Waals surface area contributed by atoms with Crippen molar-refractivity contribution in [2.24, 2.45) is 0 Å². The highest BCUT2D eigenvalue weighted by atomic mass is 35.5. The van der Waals surface area contributed by atoms with Crippen LogP contribution in [0.15, 0.2) is 0 Å². The summed E-state index contributed by atoms with van der Waals surface area (Å²) in [5, 5.41) is 0. The summed E-state index contributed by atoms with van der Waals surface area (Å²) in [4.78, 5) is 11.8. The summed E-state index contributed by atoms with van der Waals surface area (Å²) in [5.41, 5.74) is -1.18. The highest BCUT2D eigenvalue weighted by molar-refractivity contribution is 6.53. The Bertz CT molecular complexity index is 249. The summed E-state index contributed by atoms with van der Waals surface area (Å²) in [6.45, 7) is 1.73. The maximum absolute atomic E-state index is 11.6. The predicted octanol–water partition coefficient (Wildman–Crippen LogP) is 1.77. The second-order valence-electron chi connectivity index (χ2n) is 3.12. The Morgan fingerprint density at radius 3 is 2.85 bits per heavy atom. The van der Waals surface area contributed by atoms with Crippen molar-refractivity contribution in [1.82, 2.24) is 4.90 Å². The van der Waals surface area contributed by atoms with E-state index >= 15 is 0 Å². The van der Waals surface area contributed by atoms with Crippen LogP contribution in [0.5, 0.6) is 0 Å². The van der Waals surface area contributed by atoms with Gasteiger partial charge in [-0.3, -0.25) is 4.79 Å². The van der Waals surface area contributed by atoms with Crippen LogP contribution in [0.4, 0.5) is 0 Å². The van der Waals surface area contributed by atoms with Gasteiger partial charge in [-0.2, -0.15) is 0 Å². The lowest BCUT2D eigenvalue weighted by molar-refractivity contribution is -0.143. The molecule has 1 aliphatic rings. The molecule has 0 aromatic rings. The SMILES string of the molecule is [3H]CC1(C[3H])O[C@@H](C)CN1C(=O)C(Cl)Cl. The van der Waals surface area contributed by atoms with Crippen molar-refractivity contribution in [3.63, 3.8) is 0 Å². The number of carbonyl (C=O) groups excluding carboxylic acids is 1. The number of halogens is 2. The van der Waals surface area contributed by atoms with Crippen LogP contribution in [0.25, 0.3) is 0 Å². The molecule has 0 aromatic carbocycles. The number of carbonyl (C=O) groups is 1. The van der Waals surface area contributed by atoms with Crippen LogP contribution in [-0.4, -0.2) is 34.0 Å². The van der Waals surface area contributed by atoms with Crippen molar-refractivity contribution in [3.8, 4) is 0 Å². The molecule has 0 spiro atoms. The van der Waals surface area contributed by atoms with E-state index in [1.807, 2.05) is 0 Å². The molecule has 1 rings (SSSR count). The van der Waals surface area contributed by atoms with Gasteiger partial charge in [0.2, 0.25) is 0 Å². The molecule has 0 radical (unpaired) electrons. The Kier molecular flexibility index (Phi) is 2.33. The predicted molar refractivity (Wildman–Crippen MR) is 51.8 cm³/mol. The largest absolute Gasteiger partial charge is 0.351 e. The molecule has 0 aliphatic carbocycles. The third-order valence-electron chi connectivity index (χ3n) is 1.80. The molecule has 1 amide bonds. The van der Waals surface area contributed by atoms with Gasteiger partial charge in [-0.1, -0.05) is 23.2 Å². The molecule has 0 N–H and O–H groups in total. The molecular formula is C8H13Cl2NO2. The first-order chi connectivity index (χ1) is 6.96. The average Bonchev–Trinajstić information content (AvgIpc) is 2.54. The minimum atomic E-state index is -1.18. The molecule has 0 bridgehead atoms. The molecule has 1 aliphatic heterocycles. The fourth-order valence-corrected chi connectivity index (χ4v) is 1.54. The van der Waals surface area contributed by atoms with Crippen molar-refractivity contribution >= 4 is 29.1 Å². The number of nitrogens with zero attached hydrogens (tertiary/aromatic N) is 1. The van der Waals surface area contributed by atoms with Crippen molar-refractivity contribution < 1.29 is 12.3 Å². The molecule has 1 heterocycles. The van der Waals surface area contributed by atoms with Crippen LogP contribution in [0.3, 0.4) is 0 Å². The van der Waals surface area contributed by atoms with Crippen molar-refractivity contribution in [2.75, 3.05) is 6.54 Å². The molecule has 1 saturated heterocycles. The van der Waals surface area contributed by atoms with E-state index in [2.05, 4.69) is 0 Å². The summed E-state index contributed by atoms with van der Waals surface area (Å²) in [5.74, 6) is -0.498. The van der Waals surface area contributed by atoms with Crippen LogP contribution >= 0.6 is 23.2 Å². The monoisotopic (exact) mass is 229 g/mol. The maximum atomic E-state index is 11.6. The third kappa shape index (κ3) is 2.27. The molecule has 0 unspecified atom stereocenters. The van der Waals surface area contributed by atoms with Gasteiger partial charge >= 0.3 is 0 Å². The first-order valence-electron chi connectivity index (χ1n) is 5.24. The third-order valence-corrected chi connectivity index (χ3v) is 2.18. The Morgan fingerprint density at radius 1 is 1.77 bits per heavy atom. The Hall–Kier alpha value is 0.01000. The Balaban J connectivity index is 2.90. The highest BCUT2D eigenvalue weighted by Gasteiger charge is 2.41. The second kappa shape index (κ2) is 3.64. The lowest BCUT2D eigenvalue weighted by Gasteiger charge is -2.30. The summed E-state index contributed by atoms with van der Waals surface area (Å²) in [7, 11) is 0. The van der Waals surface area contributed by atoms with Crippen LogP contribution in [0.2, 0.25) is 0 Å². The zero-order chi connectivity index (χ0) is 11.6. The van der Waals surface area contributed by atoms with Crippen LogP contribution < -0.4 is 0 Å². The minimum Gasteiger partial charge on any atom is -0.351 e. The van der Waals surface area contributed by atoms with E-state index in [9.17, 15) is 4.79 Å². The van der Waals surface area contributed by atoms with Gasteiger partial charge in [0, 0.05) is 9.29 Å². The fraction of sp³-hybridized carbons (Fsp3) is 0.875. The normalized spacial score (nSPS) is 28.9. The number of ether oxygens (including phenoxy) is 1. The van der Waals surface area contributed by atoms with E-state index in [0.29, 0.717) is 6.54 Å². The number of hydrogen-bond donors (Lipinski definition) is 0. The number of rotatable bonds is 1. The first kappa shape index (κ1) is 8.33. The molecular weight excluding hydrogens is 213 g/mol. The molecule has 5 heteroatoms. The van der Waals surface area contributed by atoms with Crippen LogP contribution in [0, 0.1) is 0 Å². The van der Waals surface area contributed by atoms with Gasteiger partial charge in [0.15, 0.2) is 4.84 Å². The molecule has 0 saturated carbocycles. The summed E-state index contributed by atoms with van der Waals surface area (Å²) >= 11 is 11.0. The first-order valence-corrected chi connectivity index (χ1v) is 4.70. The lowest BCUT2D eigenvalue weighted by Crippen LogP contribution is -2.45. The van der Waals surface area contributed by atoms with Crippen LogP contribution in [0.1, 0.15) is 23.5 Å². The molecule has 0 aromatic heterocycles. The Morgan fingerprint density at radius 2 is 2.38 bits per heavy atom. The van der Waals surface area contributed by atoms with E-state index in [1.54, 1.807) is 6.92 Å². The van der Waals surface area contributed by atoms with Gasteiger partial charge in [-0.15, -0.1) is 0 Å². The van der Waals surface area contributed by atoms with Crippen molar-refractivity contribution in [3.05, 3.63) is 0 Å². The van der Waals surface area contributed by atoms with Gasteiger partial charge < -0.3 is 9.64 Å². The van der Waals surface area contributed by atoms with E-state index in [4.69, 9.17) is 30.7 Å². The highest BCUT2D eigenvalue weighted by Crippen LogP contribution is 2.28. The minimum absolute atomic E-state index is 0.187. The molecule has 76 valence electrons. The summed E-state index contributed by atoms with van der Waals surface area (Å²) in [6.07, 6.45) is -0.197. The van der Waals surface area contributed by atoms with E-state index in [1.165, 1.54) is 4.90 Å². The van der Waals surface area contributed by atoms with Gasteiger partial charge in [-0.05, 0) is 20.7 Å². The van der Waals surface area contributed by atoms with E-state index in [0.717, 1.165) is 0 Å². The lowest BCUT2D eigenvalue weighted by atomic mass is 10.2. The summed E-state index contributed by atoms with van der Waals surface area (Å²) < 4.78 is 20.2. The van der Waals surface area contributed by atoms with Crippen molar-refractivity contribution in [1.29, 1.82) is 0 Å². The number of hydrogen-bond acceptors (Lipinski definition) is 2. The number of alkyl halides is 2. The zero-order valence-electron chi connectivity index (χ0n) is 9.30. The quantitative estimate of drug-likeness (QED) is 0.642. The summed E-state index contributed by atoms with van der Waals surface area (Å²) in [6, 6.07) is 0. The topological polar surface area (TPSA) is 29.5 Å². The van der Waals surface area contributed by atoms with Gasteiger partial charge in [0.05, 0.1) is 6.10 Å². The van der Waals surface area contributed by atoms with Gasteiger partial charge in [0.25, 0.3) is 5.91 Å². The maximum Gasteiger partial charge on any atom is 0.258 e. The smallest absolute Gasteiger partial charge is 0.258 e. The van der Waals surface area contributed by atoms with Crippen molar-refractivity contribution in [2.45, 2.75) is 37.4 Å². The van der Waals surface area contributed by atoms with Gasteiger partial charge in [0.1, 0.15) is 5.72 Å². The van der Waals surface area contributed by atoms with Crippen LogP contribution in [-0.2, 0) is 9.53 Å².